The summed E-state index contributed by atoms with van der Waals surface area (Å²) in [6, 6.07) is 12.3. The summed E-state index contributed by atoms with van der Waals surface area (Å²) < 4.78 is 10.6. The quantitative estimate of drug-likeness (QED) is 0.898. The number of hydrogen-bond acceptors (Lipinski definition) is 5. The van der Waals surface area contributed by atoms with Gasteiger partial charge in [0.2, 0.25) is 12.7 Å². The number of rotatable bonds is 2. The van der Waals surface area contributed by atoms with Gasteiger partial charge in [-0.25, -0.2) is 0 Å². The number of ether oxygens (including phenoxy) is 2. The van der Waals surface area contributed by atoms with Crippen LogP contribution in [0.3, 0.4) is 0 Å². The molecule has 5 rings (SSSR count). The van der Waals surface area contributed by atoms with Crippen LogP contribution < -0.4 is 14.8 Å². The van der Waals surface area contributed by atoms with Gasteiger partial charge < -0.3 is 19.7 Å². The van der Waals surface area contributed by atoms with Crippen LogP contribution in [0.4, 0.5) is 5.69 Å². The molecule has 3 aliphatic rings. The highest BCUT2D eigenvalue weighted by Gasteiger charge is 2.48. The summed E-state index contributed by atoms with van der Waals surface area (Å²) in [4.78, 5) is 27.2. The van der Waals surface area contributed by atoms with Crippen LogP contribution in [0, 0.1) is 0 Å². The molecule has 126 valence electrons. The number of fused-ring (bicyclic) bond motifs is 4. The summed E-state index contributed by atoms with van der Waals surface area (Å²) in [6.07, 6.45) is 0. The van der Waals surface area contributed by atoms with Gasteiger partial charge in [0, 0.05) is 23.1 Å². The van der Waals surface area contributed by atoms with E-state index in [-0.39, 0.29) is 24.0 Å². The molecule has 1 N–H and O–H groups in total. The highest BCUT2D eigenvalue weighted by atomic mass is 32.2. The Labute approximate surface area is 148 Å². The first-order valence-corrected chi connectivity index (χ1v) is 9.01. The zero-order chi connectivity index (χ0) is 17.0. The van der Waals surface area contributed by atoms with E-state index in [1.807, 2.05) is 24.3 Å². The molecular formula is C18H14N2O4S. The lowest BCUT2D eigenvalue weighted by atomic mass is 10.1. The van der Waals surface area contributed by atoms with E-state index in [4.69, 9.17) is 9.47 Å². The molecule has 3 aliphatic heterocycles. The van der Waals surface area contributed by atoms with Crippen molar-refractivity contribution in [2.45, 2.75) is 11.4 Å². The molecule has 2 amide bonds. The summed E-state index contributed by atoms with van der Waals surface area (Å²) >= 11 is 1.63. The van der Waals surface area contributed by atoms with Gasteiger partial charge in [-0.1, -0.05) is 18.2 Å². The Morgan fingerprint density at radius 1 is 1.16 bits per heavy atom. The van der Waals surface area contributed by atoms with E-state index < -0.39 is 6.04 Å². The lowest BCUT2D eigenvalue weighted by molar-refractivity contribution is -0.119. The maximum Gasteiger partial charge on any atom is 0.256 e. The Morgan fingerprint density at radius 2 is 2.00 bits per heavy atom. The van der Waals surface area contributed by atoms with Crippen molar-refractivity contribution in [3.8, 4) is 11.5 Å². The first-order valence-electron chi connectivity index (χ1n) is 7.96. The molecule has 2 aromatic carbocycles. The van der Waals surface area contributed by atoms with Gasteiger partial charge in [-0.2, -0.15) is 0 Å². The van der Waals surface area contributed by atoms with E-state index >= 15 is 0 Å². The van der Waals surface area contributed by atoms with E-state index in [9.17, 15) is 9.59 Å². The average molecular weight is 354 g/mol. The SMILES string of the molecule is O=C(Nc1ccc2c(c1)OCO2)[C@@H]1CSC2c3ccccc3C(=O)N21. The third-order valence-corrected chi connectivity index (χ3v) is 5.94. The summed E-state index contributed by atoms with van der Waals surface area (Å²) in [6.45, 7) is 0.189. The molecule has 1 fully saturated rings. The zero-order valence-electron chi connectivity index (χ0n) is 13.1. The van der Waals surface area contributed by atoms with Crippen molar-refractivity contribution < 1.29 is 19.1 Å². The van der Waals surface area contributed by atoms with Crippen LogP contribution in [-0.2, 0) is 4.79 Å². The zero-order valence-corrected chi connectivity index (χ0v) is 13.9. The number of hydrogen-bond donors (Lipinski definition) is 1. The van der Waals surface area contributed by atoms with Crippen molar-refractivity contribution in [3.05, 3.63) is 53.6 Å². The summed E-state index contributed by atoms with van der Waals surface area (Å²) in [5, 5.41) is 2.82. The van der Waals surface area contributed by atoms with Crippen molar-refractivity contribution in [3.63, 3.8) is 0 Å². The summed E-state index contributed by atoms with van der Waals surface area (Å²) in [7, 11) is 0. The van der Waals surface area contributed by atoms with Gasteiger partial charge in [0.05, 0.1) is 0 Å². The van der Waals surface area contributed by atoms with Crippen molar-refractivity contribution in [2.24, 2.45) is 0 Å². The van der Waals surface area contributed by atoms with E-state index in [0.717, 1.165) is 5.56 Å². The largest absolute Gasteiger partial charge is 0.454 e. The molecule has 1 saturated heterocycles. The van der Waals surface area contributed by atoms with Crippen LogP contribution in [0.2, 0.25) is 0 Å². The van der Waals surface area contributed by atoms with Gasteiger partial charge in [-0.05, 0) is 23.8 Å². The molecule has 0 radical (unpaired) electrons. The minimum Gasteiger partial charge on any atom is -0.454 e. The molecule has 25 heavy (non-hydrogen) atoms. The van der Waals surface area contributed by atoms with Crippen LogP contribution in [0.25, 0.3) is 0 Å². The summed E-state index contributed by atoms with van der Waals surface area (Å²) in [5.41, 5.74) is 2.32. The molecule has 0 bridgehead atoms. The van der Waals surface area contributed by atoms with Gasteiger partial charge in [-0.3, -0.25) is 9.59 Å². The molecular weight excluding hydrogens is 340 g/mol. The molecule has 7 heteroatoms. The second-order valence-corrected chi connectivity index (χ2v) is 7.17. The predicted octanol–water partition coefficient (Wildman–Crippen LogP) is 2.62. The number of nitrogens with zero attached hydrogens (tertiary/aromatic N) is 1. The van der Waals surface area contributed by atoms with Crippen molar-refractivity contribution in [1.82, 2.24) is 4.90 Å². The number of nitrogens with one attached hydrogen (secondary N) is 1. The molecule has 0 aromatic heterocycles. The normalized spacial score (nSPS) is 22.7. The monoisotopic (exact) mass is 354 g/mol. The number of carbonyl (C=O) groups is 2. The van der Waals surface area contributed by atoms with Gasteiger partial charge in [0.15, 0.2) is 11.5 Å². The predicted molar refractivity (Wildman–Crippen MR) is 92.8 cm³/mol. The fourth-order valence-electron chi connectivity index (χ4n) is 3.44. The number of thioether (sulfide) groups is 1. The Kier molecular flexibility index (Phi) is 3.18. The average Bonchev–Trinajstić information content (AvgIpc) is 3.32. The second-order valence-electron chi connectivity index (χ2n) is 6.06. The first kappa shape index (κ1) is 14.7. The number of benzene rings is 2. The lowest BCUT2D eigenvalue weighted by Crippen LogP contribution is -2.42. The molecule has 3 heterocycles. The Morgan fingerprint density at radius 3 is 2.92 bits per heavy atom. The van der Waals surface area contributed by atoms with Gasteiger partial charge in [-0.15, -0.1) is 11.8 Å². The molecule has 6 nitrogen and oxygen atoms in total. The smallest absolute Gasteiger partial charge is 0.256 e. The van der Waals surface area contributed by atoms with E-state index in [1.54, 1.807) is 34.9 Å². The third-order valence-electron chi connectivity index (χ3n) is 4.63. The Balaban J connectivity index is 1.38. The molecule has 0 aliphatic carbocycles. The molecule has 2 atom stereocenters. The maximum atomic E-state index is 12.8. The fourth-order valence-corrected chi connectivity index (χ4v) is 4.91. The molecule has 1 unspecified atom stereocenters. The van der Waals surface area contributed by atoms with Crippen LogP contribution in [0.5, 0.6) is 11.5 Å². The standard InChI is InChI=1S/C18H14N2O4S/c21-16(19-10-5-6-14-15(7-10)24-9-23-14)13-8-25-18-12-4-2-1-3-11(12)17(22)20(13)18/h1-7,13,18H,8-9H2,(H,19,21)/t13-,18?/m0/s1. The fraction of sp³-hybridized carbons (Fsp3) is 0.222. The molecule has 2 aromatic rings. The van der Waals surface area contributed by atoms with Crippen LogP contribution in [-0.4, -0.2) is 35.3 Å². The Hall–Kier alpha value is -2.67. The Bertz CT molecular complexity index is 900. The number of anilines is 1. The highest BCUT2D eigenvalue weighted by Crippen LogP contribution is 2.48. The van der Waals surface area contributed by atoms with Gasteiger partial charge in [0.25, 0.3) is 5.91 Å². The third kappa shape index (κ3) is 2.19. The topological polar surface area (TPSA) is 67.9 Å². The van der Waals surface area contributed by atoms with E-state index in [1.165, 1.54) is 0 Å². The molecule has 0 saturated carbocycles. The minimum absolute atomic E-state index is 0.0727. The second kappa shape index (κ2) is 5.42. The van der Waals surface area contributed by atoms with Crippen LogP contribution >= 0.6 is 11.8 Å². The van der Waals surface area contributed by atoms with Crippen molar-refractivity contribution >= 4 is 29.3 Å². The van der Waals surface area contributed by atoms with Crippen LogP contribution in [0.15, 0.2) is 42.5 Å². The molecule has 0 spiro atoms. The summed E-state index contributed by atoms with van der Waals surface area (Å²) in [5.74, 6) is 1.61. The van der Waals surface area contributed by atoms with Gasteiger partial charge >= 0.3 is 0 Å². The van der Waals surface area contributed by atoms with E-state index in [2.05, 4.69) is 5.32 Å². The number of carbonyl (C=O) groups excluding carboxylic acids is 2. The number of amides is 2. The van der Waals surface area contributed by atoms with Crippen molar-refractivity contribution in [2.75, 3.05) is 17.9 Å². The minimum atomic E-state index is -0.486. The van der Waals surface area contributed by atoms with E-state index in [0.29, 0.717) is 28.5 Å². The first-order chi connectivity index (χ1) is 12.2. The van der Waals surface area contributed by atoms with Crippen LogP contribution in [0.1, 0.15) is 21.3 Å². The lowest BCUT2D eigenvalue weighted by Gasteiger charge is -2.22. The maximum absolute atomic E-state index is 12.8. The van der Waals surface area contributed by atoms with Crippen molar-refractivity contribution in [1.29, 1.82) is 0 Å². The highest BCUT2D eigenvalue weighted by molar-refractivity contribution is 7.99. The van der Waals surface area contributed by atoms with Gasteiger partial charge in [0.1, 0.15) is 11.4 Å².